The number of thioether (sulfide) groups is 1. The van der Waals surface area contributed by atoms with Crippen molar-refractivity contribution in [2.75, 3.05) is 23.4 Å². The Morgan fingerprint density at radius 1 is 1.47 bits per heavy atom. The second kappa shape index (κ2) is 6.04. The average molecular weight is 283 g/mol. The second-order valence-electron chi connectivity index (χ2n) is 5.59. The van der Waals surface area contributed by atoms with Crippen LogP contribution in [0.2, 0.25) is 0 Å². The molecule has 0 aromatic heterocycles. The molecule has 19 heavy (non-hydrogen) atoms. The van der Waals surface area contributed by atoms with Crippen LogP contribution >= 0.6 is 11.8 Å². The van der Waals surface area contributed by atoms with Crippen LogP contribution in [-0.2, 0) is 0 Å². The number of anilines is 1. The number of rotatable bonds is 4. The van der Waals surface area contributed by atoms with E-state index in [4.69, 9.17) is 4.74 Å². The Morgan fingerprint density at radius 3 is 2.89 bits per heavy atom. The van der Waals surface area contributed by atoms with Crippen molar-refractivity contribution in [1.82, 2.24) is 0 Å². The summed E-state index contributed by atoms with van der Waals surface area (Å²) >= 11 is 1.96. The van der Waals surface area contributed by atoms with Gasteiger partial charge < -0.3 is 10.1 Å². The number of hydrogen-bond acceptors (Lipinski definition) is 3. The molecule has 1 saturated heterocycles. The van der Waals surface area contributed by atoms with E-state index >= 15 is 0 Å². The Morgan fingerprint density at radius 2 is 2.26 bits per heavy atom. The Kier molecular flexibility index (Phi) is 4.61. The molecule has 1 aliphatic rings. The summed E-state index contributed by atoms with van der Waals surface area (Å²) in [6, 6.07) is 5.50. The molecule has 1 N–H and O–H groups in total. The summed E-state index contributed by atoms with van der Waals surface area (Å²) in [5.41, 5.74) is 1.09. The first-order chi connectivity index (χ1) is 9.03. The molecule has 0 amide bonds. The summed E-state index contributed by atoms with van der Waals surface area (Å²) in [5, 5.41) is 3.46. The van der Waals surface area contributed by atoms with E-state index in [2.05, 4.69) is 19.2 Å². The lowest BCUT2D eigenvalue weighted by molar-refractivity contribution is 0.304. The molecule has 1 heterocycles. The van der Waals surface area contributed by atoms with E-state index in [0.29, 0.717) is 18.4 Å². The largest absolute Gasteiger partial charge is 0.491 e. The van der Waals surface area contributed by atoms with E-state index in [0.717, 1.165) is 11.4 Å². The summed E-state index contributed by atoms with van der Waals surface area (Å²) < 4.78 is 19.0. The average Bonchev–Trinajstić information content (AvgIpc) is 2.35. The van der Waals surface area contributed by atoms with Gasteiger partial charge in [-0.3, -0.25) is 0 Å². The third kappa shape index (κ3) is 3.56. The lowest BCUT2D eigenvalue weighted by Gasteiger charge is -2.39. The van der Waals surface area contributed by atoms with Crippen molar-refractivity contribution in [1.29, 1.82) is 0 Å². The smallest absolute Gasteiger partial charge is 0.167 e. The Labute approximate surface area is 119 Å². The highest BCUT2D eigenvalue weighted by Gasteiger charge is 2.32. The Hall–Kier alpha value is -0.900. The zero-order chi connectivity index (χ0) is 13.9. The standard InChI is InChI=1S/C15H22FNOS/c1-4-18-13-6-5-11(9-12(13)16)17-14-10-19-8-7-15(14,2)3/h5-6,9,14,17H,4,7-8,10H2,1-3H3. The summed E-state index contributed by atoms with van der Waals surface area (Å²) in [7, 11) is 0. The van der Waals surface area contributed by atoms with Crippen molar-refractivity contribution in [2.24, 2.45) is 5.41 Å². The minimum Gasteiger partial charge on any atom is -0.491 e. The molecule has 4 heteroatoms. The maximum absolute atomic E-state index is 13.8. The number of hydrogen-bond donors (Lipinski definition) is 1. The van der Waals surface area contributed by atoms with E-state index in [1.54, 1.807) is 6.07 Å². The normalized spacial score (nSPS) is 22.0. The van der Waals surface area contributed by atoms with E-state index < -0.39 is 0 Å². The fourth-order valence-electron chi connectivity index (χ4n) is 2.24. The maximum atomic E-state index is 13.8. The topological polar surface area (TPSA) is 21.3 Å². The molecule has 0 saturated carbocycles. The van der Waals surface area contributed by atoms with Gasteiger partial charge in [0.1, 0.15) is 0 Å². The minimum absolute atomic E-state index is 0.250. The van der Waals surface area contributed by atoms with Crippen LogP contribution in [0.1, 0.15) is 27.2 Å². The highest BCUT2D eigenvalue weighted by Crippen LogP contribution is 2.36. The quantitative estimate of drug-likeness (QED) is 0.896. The monoisotopic (exact) mass is 283 g/mol. The molecule has 0 aliphatic carbocycles. The van der Waals surface area contributed by atoms with Gasteiger partial charge in [0.25, 0.3) is 0 Å². The van der Waals surface area contributed by atoms with E-state index in [1.807, 2.05) is 24.8 Å². The van der Waals surface area contributed by atoms with Crippen molar-refractivity contribution < 1.29 is 9.13 Å². The number of ether oxygens (including phenoxy) is 1. The molecule has 1 atom stereocenters. The first-order valence-corrected chi connectivity index (χ1v) is 7.95. The molecule has 1 aromatic carbocycles. The number of nitrogens with one attached hydrogen (secondary N) is 1. The van der Waals surface area contributed by atoms with Crippen molar-refractivity contribution in [3.05, 3.63) is 24.0 Å². The Bertz CT molecular complexity index is 436. The molecule has 106 valence electrons. The van der Waals surface area contributed by atoms with E-state index in [9.17, 15) is 4.39 Å². The lowest BCUT2D eigenvalue weighted by Crippen LogP contribution is -2.41. The minimum atomic E-state index is -0.298. The highest BCUT2D eigenvalue weighted by atomic mass is 32.2. The predicted molar refractivity (Wildman–Crippen MR) is 80.7 cm³/mol. The van der Waals surface area contributed by atoms with Crippen LogP contribution in [0.15, 0.2) is 18.2 Å². The molecule has 0 bridgehead atoms. The summed E-state index contributed by atoms with van der Waals surface area (Å²) in [6.45, 7) is 6.88. The molecule has 1 aliphatic heterocycles. The van der Waals surface area contributed by atoms with Crippen LogP contribution in [0.3, 0.4) is 0 Å². The first kappa shape index (κ1) is 14.5. The second-order valence-corrected chi connectivity index (χ2v) is 6.74. The Balaban J connectivity index is 2.08. The van der Waals surface area contributed by atoms with Crippen LogP contribution in [-0.4, -0.2) is 24.2 Å². The van der Waals surface area contributed by atoms with Crippen LogP contribution in [0.5, 0.6) is 5.75 Å². The molecule has 2 nitrogen and oxygen atoms in total. The molecular weight excluding hydrogens is 261 g/mol. The predicted octanol–water partition coefficient (Wildman–Crippen LogP) is 4.17. The van der Waals surface area contributed by atoms with Gasteiger partial charge in [-0.05, 0) is 36.6 Å². The van der Waals surface area contributed by atoms with Gasteiger partial charge in [-0.15, -0.1) is 0 Å². The molecule has 0 spiro atoms. The van der Waals surface area contributed by atoms with Crippen molar-refractivity contribution in [2.45, 2.75) is 33.2 Å². The van der Waals surface area contributed by atoms with E-state index in [-0.39, 0.29) is 11.2 Å². The van der Waals surface area contributed by atoms with Crippen LogP contribution in [0, 0.1) is 11.2 Å². The molecule has 1 unspecified atom stereocenters. The molecule has 1 fully saturated rings. The van der Waals surface area contributed by atoms with Gasteiger partial charge in [0, 0.05) is 23.5 Å². The fourth-order valence-corrected chi connectivity index (χ4v) is 3.84. The summed E-state index contributed by atoms with van der Waals surface area (Å²) in [4.78, 5) is 0. The molecular formula is C15H22FNOS. The van der Waals surface area contributed by atoms with Gasteiger partial charge in [-0.1, -0.05) is 13.8 Å². The molecule has 0 radical (unpaired) electrons. The maximum Gasteiger partial charge on any atom is 0.167 e. The third-order valence-corrected chi connectivity index (χ3v) is 4.75. The molecule has 1 aromatic rings. The van der Waals surface area contributed by atoms with Gasteiger partial charge in [0.05, 0.1) is 6.61 Å². The summed E-state index contributed by atoms with van der Waals surface area (Å²) in [6.07, 6.45) is 1.19. The zero-order valence-electron chi connectivity index (χ0n) is 11.8. The molecule has 2 rings (SSSR count). The van der Waals surface area contributed by atoms with E-state index in [1.165, 1.54) is 18.2 Å². The van der Waals surface area contributed by atoms with Crippen molar-refractivity contribution in [3.63, 3.8) is 0 Å². The van der Waals surface area contributed by atoms with Crippen LogP contribution < -0.4 is 10.1 Å². The fraction of sp³-hybridized carbons (Fsp3) is 0.600. The first-order valence-electron chi connectivity index (χ1n) is 6.79. The number of halogens is 1. The van der Waals surface area contributed by atoms with Crippen LogP contribution in [0.25, 0.3) is 0 Å². The number of benzene rings is 1. The van der Waals surface area contributed by atoms with Crippen molar-refractivity contribution in [3.8, 4) is 5.75 Å². The van der Waals surface area contributed by atoms with Gasteiger partial charge in [-0.25, -0.2) is 4.39 Å². The van der Waals surface area contributed by atoms with Crippen molar-refractivity contribution >= 4 is 17.4 Å². The van der Waals surface area contributed by atoms with Crippen LogP contribution in [0.4, 0.5) is 10.1 Å². The lowest BCUT2D eigenvalue weighted by atomic mass is 9.82. The third-order valence-electron chi connectivity index (χ3n) is 3.69. The highest BCUT2D eigenvalue weighted by molar-refractivity contribution is 7.99. The van der Waals surface area contributed by atoms with Gasteiger partial charge in [0.2, 0.25) is 0 Å². The van der Waals surface area contributed by atoms with Gasteiger partial charge >= 0.3 is 0 Å². The zero-order valence-corrected chi connectivity index (χ0v) is 12.6. The van der Waals surface area contributed by atoms with Gasteiger partial charge in [-0.2, -0.15) is 11.8 Å². The SMILES string of the molecule is CCOc1ccc(NC2CSCCC2(C)C)cc1F. The van der Waals surface area contributed by atoms with Gasteiger partial charge in [0.15, 0.2) is 11.6 Å². The summed E-state index contributed by atoms with van der Waals surface area (Å²) in [5.74, 6) is 2.31.